The van der Waals surface area contributed by atoms with Gasteiger partial charge >= 0.3 is 0 Å². The smallest absolute Gasteiger partial charge is 0.0420 e. The van der Waals surface area contributed by atoms with Crippen LogP contribution in [0.4, 0.5) is 0 Å². The second-order valence-corrected chi connectivity index (χ2v) is 0.891. The van der Waals surface area contributed by atoms with Crippen LogP contribution in [0.25, 0.3) is 0 Å². The summed E-state index contributed by atoms with van der Waals surface area (Å²) in [6.45, 7) is 0. The van der Waals surface area contributed by atoms with Gasteiger partial charge in [-0.25, -0.2) is 0 Å². The number of alkyl halides is 1. The average molecular weight is 91.5 g/mol. The monoisotopic (exact) mass is 91.0 g/mol. The third-order valence-electron chi connectivity index (χ3n) is 0.225. The summed E-state index contributed by atoms with van der Waals surface area (Å²) in [7, 11) is 0. The maximum Gasteiger partial charge on any atom is 0.0420 e. The van der Waals surface area contributed by atoms with E-state index in [1.54, 1.807) is 6.08 Å². The van der Waals surface area contributed by atoms with Crippen molar-refractivity contribution >= 4 is 11.6 Å². The molecule has 2 N–H and O–H groups in total. The first kappa shape index (κ1) is 4.83. The largest absolute Gasteiger partial charge is 0.405 e. The summed E-state index contributed by atoms with van der Waals surface area (Å²) >= 11 is 5.13. The molecule has 0 amide bonds. The van der Waals surface area contributed by atoms with Crippen LogP contribution in [0.5, 0.6) is 0 Å². The standard InChI is InChI=1S/C3H6ClN/c4-2-1-3-5/h1,3H,2,5H2. The van der Waals surface area contributed by atoms with Crippen molar-refractivity contribution in [1.82, 2.24) is 0 Å². The Kier molecular flexibility index (Phi) is 3.70. The molecule has 0 spiro atoms. The third kappa shape index (κ3) is 3.83. The molecule has 0 fully saturated rings. The predicted octanol–water partition coefficient (Wildman–Crippen LogP) is 0.698. The van der Waals surface area contributed by atoms with E-state index >= 15 is 0 Å². The van der Waals surface area contributed by atoms with Crippen molar-refractivity contribution in [3.05, 3.63) is 12.3 Å². The van der Waals surface area contributed by atoms with E-state index in [0.717, 1.165) is 0 Å². The van der Waals surface area contributed by atoms with Crippen LogP contribution in [-0.4, -0.2) is 5.88 Å². The van der Waals surface area contributed by atoms with Crippen LogP contribution < -0.4 is 5.73 Å². The van der Waals surface area contributed by atoms with Crippen LogP contribution in [0.15, 0.2) is 12.3 Å². The van der Waals surface area contributed by atoms with E-state index in [9.17, 15) is 0 Å². The summed E-state index contributed by atoms with van der Waals surface area (Å²) in [5, 5.41) is 0. The van der Waals surface area contributed by atoms with E-state index in [4.69, 9.17) is 17.3 Å². The first-order valence-corrected chi connectivity index (χ1v) is 1.88. The van der Waals surface area contributed by atoms with Gasteiger partial charge in [0.25, 0.3) is 0 Å². The maximum atomic E-state index is 5.13. The highest BCUT2D eigenvalue weighted by atomic mass is 35.5. The molecule has 1 nitrogen and oxygen atoms in total. The van der Waals surface area contributed by atoms with Crippen molar-refractivity contribution in [2.45, 2.75) is 0 Å². The zero-order valence-electron chi connectivity index (χ0n) is 2.82. The van der Waals surface area contributed by atoms with Crippen molar-refractivity contribution in [2.24, 2.45) is 5.73 Å². The highest BCUT2D eigenvalue weighted by Crippen LogP contribution is 1.69. The lowest BCUT2D eigenvalue weighted by molar-refractivity contribution is 1.56. The molecule has 0 unspecified atom stereocenters. The second kappa shape index (κ2) is 3.83. The van der Waals surface area contributed by atoms with Crippen LogP contribution >= 0.6 is 11.6 Å². The summed E-state index contributed by atoms with van der Waals surface area (Å²) in [4.78, 5) is 0. The highest BCUT2D eigenvalue weighted by Gasteiger charge is 1.54. The van der Waals surface area contributed by atoms with Gasteiger partial charge in [-0.2, -0.15) is 0 Å². The molecular formula is C3H6ClN. The molecule has 0 rings (SSSR count). The zero-order chi connectivity index (χ0) is 4.12. The summed E-state index contributed by atoms with van der Waals surface area (Å²) in [6, 6.07) is 0. The molecule has 0 aromatic carbocycles. The number of rotatable bonds is 1. The second-order valence-electron chi connectivity index (χ2n) is 0.582. The maximum absolute atomic E-state index is 5.13. The van der Waals surface area contributed by atoms with Crippen LogP contribution in [-0.2, 0) is 0 Å². The van der Waals surface area contributed by atoms with Crippen molar-refractivity contribution < 1.29 is 0 Å². The Labute approximate surface area is 36.4 Å². The molecule has 0 radical (unpaired) electrons. The van der Waals surface area contributed by atoms with Crippen LogP contribution in [0.3, 0.4) is 0 Å². The first-order valence-electron chi connectivity index (χ1n) is 1.34. The van der Waals surface area contributed by atoms with Gasteiger partial charge in [0, 0.05) is 5.88 Å². The molecular weight excluding hydrogens is 85.5 g/mol. The van der Waals surface area contributed by atoms with Crippen molar-refractivity contribution in [2.75, 3.05) is 5.88 Å². The van der Waals surface area contributed by atoms with Gasteiger partial charge in [-0.3, -0.25) is 0 Å². The summed E-state index contributed by atoms with van der Waals surface area (Å²) in [6.07, 6.45) is 3.09. The average Bonchev–Trinajstić information content (AvgIpc) is 1.41. The molecule has 0 aliphatic carbocycles. The van der Waals surface area contributed by atoms with Gasteiger partial charge in [0.15, 0.2) is 0 Å². The molecule has 0 saturated heterocycles. The normalized spacial score (nSPS) is 9.80. The Balaban J connectivity index is 2.62. The van der Waals surface area contributed by atoms with Crippen molar-refractivity contribution in [1.29, 1.82) is 0 Å². The van der Waals surface area contributed by atoms with Gasteiger partial charge in [-0.15, -0.1) is 11.6 Å². The van der Waals surface area contributed by atoms with Crippen LogP contribution in [0, 0.1) is 0 Å². The third-order valence-corrected chi connectivity index (χ3v) is 0.403. The summed E-state index contributed by atoms with van der Waals surface area (Å²) in [5.74, 6) is 0.510. The Morgan fingerprint density at radius 2 is 2.40 bits per heavy atom. The topological polar surface area (TPSA) is 26.0 Å². The lowest BCUT2D eigenvalue weighted by Gasteiger charge is -1.64. The fourth-order valence-corrected chi connectivity index (χ4v) is 0.154. The quantitative estimate of drug-likeness (QED) is 0.473. The zero-order valence-corrected chi connectivity index (χ0v) is 3.57. The molecule has 0 aliphatic rings. The lowest BCUT2D eigenvalue weighted by atomic mass is 10.7. The van der Waals surface area contributed by atoms with E-state index in [1.807, 2.05) is 0 Å². The number of halogens is 1. The molecule has 0 saturated carbocycles. The van der Waals surface area contributed by atoms with E-state index in [2.05, 4.69) is 0 Å². The molecule has 2 heteroatoms. The Morgan fingerprint density at radius 3 is 2.40 bits per heavy atom. The molecule has 0 aliphatic heterocycles. The van der Waals surface area contributed by atoms with Crippen LogP contribution in [0.2, 0.25) is 0 Å². The van der Waals surface area contributed by atoms with Gasteiger partial charge in [0.1, 0.15) is 0 Å². The van der Waals surface area contributed by atoms with Crippen molar-refractivity contribution in [3.63, 3.8) is 0 Å². The molecule has 30 valence electrons. The van der Waals surface area contributed by atoms with E-state index in [-0.39, 0.29) is 0 Å². The molecule has 0 heterocycles. The minimum absolute atomic E-state index is 0.510. The van der Waals surface area contributed by atoms with E-state index in [1.165, 1.54) is 6.20 Å². The first-order chi connectivity index (χ1) is 2.41. The molecule has 0 aromatic heterocycles. The lowest BCUT2D eigenvalue weighted by Crippen LogP contribution is -1.74. The molecule has 5 heavy (non-hydrogen) atoms. The van der Waals surface area contributed by atoms with Gasteiger partial charge in [-0.05, 0) is 6.20 Å². The van der Waals surface area contributed by atoms with Gasteiger partial charge < -0.3 is 5.73 Å². The summed E-state index contributed by atoms with van der Waals surface area (Å²) in [5.41, 5.74) is 4.87. The number of hydrogen-bond acceptors (Lipinski definition) is 1. The van der Waals surface area contributed by atoms with E-state index < -0.39 is 0 Å². The molecule has 0 bridgehead atoms. The minimum atomic E-state index is 0.510. The molecule has 0 atom stereocenters. The highest BCUT2D eigenvalue weighted by molar-refractivity contribution is 6.18. The summed E-state index contributed by atoms with van der Waals surface area (Å²) < 4.78 is 0. The number of allylic oxidation sites excluding steroid dienone is 1. The Bertz CT molecular complexity index is 33.9. The molecule has 0 aromatic rings. The Morgan fingerprint density at radius 1 is 1.80 bits per heavy atom. The van der Waals surface area contributed by atoms with Crippen LogP contribution in [0.1, 0.15) is 0 Å². The minimum Gasteiger partial charge on any atom is -0.405 e. The predicted molar refractivity (Wildman–Crippen MR) is 24.0 cm³/mol. The fourth-order valence-electron chi connectivity index (χ4n) is 0.0514. The Hall–Kier alpha value is -0.170. The van der Waals surface area contributed by atoms with E-state index in [0.29, 0.717) is 5.88 Å². The van der Waals surface area contributed by atoms with Gasteiger partial charge in [0.05, 0.1) is 0 Å². The van der Waals surface area contributed by atoms with Crippen molar-refractivity contribution in [3.8, 4) is 0 Å². The van der Waals surface area contributed by atoms with Gasteiger partial charge in [0.2, 0.25) is 0 Å². The SMILES string of the molecule is NC=CCCl. The van der Waals surface area contributed by atoms with Gasteiger partial charge in [-0.1, -0.05) is 6.08 Å². The number of nitrogens with two attached hydrogens (primary N) is 1. The number of hydrogen-bond donors (Lipinski definition) is 1. The fraction of sp³-hybridized carbons (Fsp3) is 0.333.